The van der Waals surface area contributed by atoms with Crippen LogP contribution in [0.1, 0.15) is 27.2 Å². The average molecular weight is 204 g/mol. The van der Waals surface area contributed by atoms with E-state index in [1.54, 1.807) is 12.3 Å². The minimum Gasteiger partial charge on any atom is -0.351 e. The molecule has 0 aliphatic carbocycles. The zero-order valence-electron chi connectivity index (χ0n) is 9.88. The topological polar surface area (TPSA) is 24.4 Å². The Morgan fingerprint density at radius 2 is 2.00 bits per heavy atom. The highest BCUT2D eigenvalue weighted by atomic mass is 15.0. The van der Waals surface area contributed by atoms with Gasteiger partial charge in [-0.25, -0.2) is 4.99 Å². The van der Waals surface area contributed by atoms with Crippen LogP contribution in [-0.4, -0.2) is 5.84 Å². The molecule has 0 saturated carbocycles. The van der Waals surface area contributed by atoms with Gasteiger partial charge in [-0.05, 0) is 37.6 Å². The highest BCUT2D eigenvalue weighted by molar-refractivity contribution is 5.80. The molecule has 2 heteroatoms. The van der Waals surface area contributed by atoms with Crippen LogP contribution in [0.25, 0.3) is 0 Å². The third-order valence-corrected chi connectivity index (χ3v) is 1.98. The Kier molecular flexibility index (Phi) is 6.98. The number of rotatable bonds is 5. The zero-order valence-corrected chi connectivity index (χ0v) is 9.88. The normalized spacial score (nSPS) is 13.7. The number of nitrogens with one attached hydrogen (secondary N) is 1. The second-order valence-corrected chi connectivity index (χ2v) is 3.16. The first-order chi connectivity index (χ1) is 7.15. The lowest BCUT2D eigenvalue weighted by Gasteiger charge is -2.03. The maximum atomic E-state index is 4.29. The molecule has 0 unspecified atom stereocenters. The van der Waals surface area contributed by atoms with Crippen molar-refractivity contribution in [3.8, 4) is 0 Å². The number of amidine groups is 1. The summed E-state index contributed by atoms with van der Waals surface area (Å²) in [6.07, 6.45) is 8.23. The monoisotopic (exact) mass is 204 g/mol. The third kappa shape index (κ3) is 5.68. The summed E-state index contributed by atoms with van der Waals surface area (Å²) in [4.78, 5) is 4.29. The zero-order chi connectivity index (χ0) is 11.7. The summed E-state index contributed by atoms with van der Waals surface area (Å²) in [6.45, 7) is 13.3. The first-order valence-corrected chi connectivity index (χ1v) is 5.06. The number of hydrogen-bond acceptors (Lipinski definition) is 1. The van der Waals surface area contributed by atoms with E-state index in [1.165, 1.54) is 11.1 Å². The van der Waals surface area contributed by atoms with Gasteiger partial charge in [-0.15, -0.1) is 0 Å². The van der Waals surface area contributed by atoms with E-state index in [0.29, 0.717) is 0 Å². The SMILES string of the molecule is C=C/C=C(C)/C(=C\N=C(C)NC=C)CC. The number of nitrogens with zero attached hydrogens (tertiary/aromatic N) is 1. The van der Waals surface area contributed by atoms with E-state index in [2.05, 4.69) is 37.3 Å². The molecular formula is C13H20N2. The van der Waals surface area contributed by atoms with Crippen LogP contribution >= 0.6 is 0 Å². The van der Waals surface area contributed by atoms with E-state index < -0.39 is 0 Å². The molecule has 0 radical (unpaired) electrons. The maximum Gasteiger partial charge on any atom is 0.102 e. The highest BCUT2D eigenvalue weighted by Crippen LogP contribution is 2.13. The van der Waals surface area contributed by atoms with Gasteiger partial charge in [-0.1, -0.05) is 32.2 Å². The van der Waals surface area contributed by atoms with Crippen molar-refractivity contribution in [2.45, 2.75) is 27.2 Å². The van der Waals surface area contributed by atoms with Crippen LogP contribution in [0.4, 0.5) is 0 Å². The summed E-state index contributed by atoms with van der Waals surface area (Å²) in [7, 11) is 0. The van der Waals surface area contributed by atoms with Crippen molar-refractivity contribution >= 4 is 5.84 Å². The smallest absolute Gasteiger partial charge is 0.102 e. The molecule has 0 fully saturated rings. The minimum atomic E-state index is 0.836. The van der Waals surface area contributed by atoms with Crippen molar-refractivity contribution in [2.75, 3.05) is 0 Å². The molecule has 0 aromatic heterocycles. The van der Waals surface area contributed by atoms with Crippen LogP contribution in [0, 0.1) is 0 Å². The number of allylic oxidation sites excluding steroid dienone is 4. The fourth-order valence-corrected chi connectivity index (χ4v) is 1.12. The Balaban J connectivity index is 4.74. The van der Waals surface area contributed by atoms with Gasteiger partial charge in [-0.3, -0.25) is 0 Å². The van der Waals surface area contributed by atoms with E-state index in [1.807, 2.05) is 19.2 Å². The van der Waals surface area contributed by atoms with Crippen molar-refractivity contribution in [1.29, 1.82) is 0 Å². The molecule has 0 aromatic rings. The predicted molar refractivity (Wildman–Crippen MR) is 68.8 cm³/mol. The molecule has 1 N–H and O–H groups in total. The van der Waals surface area contributed by atoms with Gasteiger partial charge in [0.15, 0.2) is 0 Å². The Labute approximate surface area is 92.8 Å². The standard InChI is InChI=1S/C13H20N2/c1-6-9-11(4)13(7-2)10-15-12(5)14-8-3/h6,8-10H,1,3,7H2,2,4-5H3,(H,14,15)/b11-9+,13-10-. The van der Waals surface area contributed by atoms with Crippen LogP contribution in [0.15, 0.2) is 53.8 Å². The molecule has 0 atom stereocenters. The number of aliphatic imine (C=N–C) groups is 1. The maximum absolute atomic E-state index is 4.29. The van der Waals surface area contributed by atoms with Crippen molar-refractivity contribution in [3.05, 3.63) is 48.9 Å². The Hall–Kier alpha value is -1.57. The van der Waals surface area contributed by atoms with E-state index in [-0.39, 0.29) is 0 Å². The summed E-state index contributed by atoms with van der Waals surface area (Å²) in [5.74, 6) is 0.836. The summed E-state index contributed by atoms with van der Waals surface area (Å²) in [6, 6.07) is 0. The molecule has 0 spiro atoms. The molecule has 2 nitrogen and oxygen atoms in total. The summed E-state index contributed by atoms with van der Waals surface area (Å²) in [5.41, 5.74) is 2.41. The lowest BCUT2D eigenvalue weighted by molar-refractivity contribution is 1.09. The molecule has 0 saturated heterocycles. The van der Waals surface area contributed by atoms with Crippen molar-refractivity contribution in [3.63, 3.8) is 0 Å². The fourth-order valence-electron chi connectivity index (χ4n) is 1.12. The van der Waals surface area contributed by atoms with Crippen molar-refractivity contribution in [1.82, 2.24) is 5.32 Å². The van der Waals surface area contributed by atoms with E-state index in [9.17, 15) is 0 Å². The molecule has 0 heterocycles. The average Bonchev–Trinajstić information content (AvgIpc) is 2.19. The highest BCUT2D eigenvalue weighted by Gasteiger charge is 1.95. The van der Waals surface area contributed by atoms with E-state index >= 15 is 0 Å². The Morgan fingerprint density at radius 1 is 1.33 bits per heavy atom. The fraction of sp³-hybridized carbons (Fsp3) is 0.308. The molecule has 82 valence electrons. The van der Waals surface area contributed by atoms with Gasteiger partial charge in [0.1, 0.15) is 5.84 Å². The predicted octanol–water partition coefficient (Wildman–Crippen LogP) is 3.56. The van der Waals surface area contributed by atoms with Gasteiger partial charge in [0.25, 0.3) is 0 Å². The van der Waals surface area contributed by atoms with Crippen LogP contribution in [0.2, 0.25) is 0 Å². The quantitative estimate of drug-likeness (QED) is 0.413. The Morgan fingerprint density at radius 3 is 2.47 bits per heavy atom. The van der Waals surface area contributed by atoms with Crippen molar-refractivity contribution in [2.24, 2.45) is 4.99 Å². The van der Waals surface area contributed by atoms with Crippen LogP contribution in [0.5, 0.6) is 0 Å². The van der Waals surface area contributed by atoms with Crippen molar-refractivity contribution < 1.29 is 0 Å². The Bertz CT molecular complexity index is 306. The molecule has 0 aliphatic rings. The molecule has 0 amide bonds. The molecular weight excluding hydrogens is 184 g/mol. The van der Waals surface area contributed by atoms with Crippen LogP contribution in [-0.2, 0) is 0 Å². The molecule has 0 bridgehead atoms. The molecule has 0 aromatic carbocycles. The molecule has 0 aliphatic heterocycles. The van der Waals surface area contributed by atoms with Gasteiger partial charge in [-0.2, -0.15) is 0 Å². The first-order valence-electron chi connectivity index (χ1n) is 5.06. The summed E-state index contributed by atoms with van der Waals surface area (Å²) < 4.78 is 0. The van der Waals surface area contributed by atoms with Gasteiger partial charge in [0, 0.05) is 6.20 Å². The summed E-state index contributed by atoms with van der Waals surface area (Å²) >= 11 is 0. The second-order valence-electron chi connectivity index (χ2n) is 3.16. The van der Waals surface area contributed by atoms with Gasteiger partial charge in [0.05, 0.1) is 0 Å². The van der Waals surface area contributed by atoms with E-state index in [0.717, 1.165) is 12.3 Å². The lowest BCUT2D eigenvalue weighted by Crippen LogP contribution is -2.11. The minimum absolute atomic E-state index is 0.836. The van der Waals surface area contributed by atoms with Crippen LogP contribution < -0.4 is 5.32 Å². The van der Waals surface area contributed by atoms with E-state index in [4.69, 9.17) is 0 Å². The lowest BCUT2D eigenvalue weighted by atomic mass is 10.1. The second kappa shape index (κ2) is 7.80. The first kappa shape index (κ1) is 13.4. The van der Waals surface area contributed by atoms with Crippen LogP contribution in [0.3, 0.4) is 0 Å². The van der Waals surface area contributed by atoms with Gasteiger partial charge < -0.3 is 5.32 Å². The largest absolute Gasteiger partial charge is 0.351 e. The number of hydrogen-bond donors (Lipinski definition) is 1. The molecule has 15 heavy (non-hydrogen) atoms. The molecule has 0 rings (SSSR count). The summed E-state index contributed by atoms with van der Waals surface area (Å²) in [5, 5.41) is 2.93. The van der Waals surface area contributed by atoms with Gasteiger partial charge >= 0.3 is 0 Å². The third-order valence-electron chi connectivity index (χ3n) is 1.98. The van der Waals surface area contributed by atoms with Gasteiger partial charge in [0.2, 0.25) is 0 Å².